The maximum atomic E-state index is 13.5. The van der Waals surface area contributed by atoms with Crippen LogP contribution in [-0.2, 0) is 26.0 Å². The van der Waals surface area contributed by atoms with Gasteiger partial charge in [-0.3, -0.25) is 14.5 Å². The summed E-state index contributed by atoms with van der Waals surface area (Å²) in [7, 11) is -2.42. The summed E-state index contributed by atoms with van der Waals surface area (Å²) in [4.78, 5) is 27.8. The molecular formula is C23H21N3O5S. The molecule has 1 unspecified atom stereocenters. The first kappa shape index (κ1) is 21.5. The molecule has 3 aromatic rings. The third-order valence-electron chi connectivity index (χ3n) is 5.22. The molecule has 3 N–H and O–H groups in total. The van der Waals surface area contributed by atoms with Crippen molar-refractivity contribution in [2.24, 2.45) is 5.14 Å². The van der Waals surface area contributed by atoms with Crippen molar-refractivity contribution in [2.45, 2.75) is 17.4 Å². The van der Waals surface area contributed by atoms with Gasteiger partial charge in [-0.25, -0.2) is 13.6 Å². The second-order valence-corrected chi connectivity index (χ2v) is 8.88. The average Bonchev–Trinajstić information content (AvgIpc) is 2.78. The van der Waals surface area contributed by atoms with Crippen molar-refractivity contribution in [1.29, 1.82) is 0 Å². The summed E-state index contributed by atoms with van der Waals surface area (Å²) >= 11 is 0. The summed E-state index contributed by atoms with van der Waals surface area (Å²) in [6, 6.07) is 19.2. The predicted molar refractivity (Wildman–Crippen MR) is 120 cm³/mol. The normalized spacial score (nSPS) is 15.6. The summed E-state index contributed by atoms with van der Waals surface area (Å²) in [6.45, 7) is 0. The number of ether oxygens (including phenoxy) is 1. The van der Waals surface area contributed by atoms with Gasteiger partial charge in [-0.1, -0.05) is 42.5 Å². The first-order valence-corrected chi connectivity index (χ1v) is 11.3. The predicted octanol–water partition coefficient (Wildman–Crippen LogP) is 2.61. The SMILES string of the molecule is COc1ccc(CC(=O)N2c3ccc(S(N)(=O)=O)cc3NC(=O)C2c2ccccc2)cc1. The molecular weight excluding hydrogens is 430 g/mol. The molecule has 0 saturated heterocycles. The fraction of sp³-hybridized carbons (Fsp3) is 0.130. The van der Waals surface area contributed by atoms with Crippen LogP contribution in [0.15, 0.2) is 77.7 Å². The van der Waals surface area contributed by atoms with Gasteiger partial charge in [0.25, 0.3) is 5.91 Å². The van der Waals surface area contributed by atoms with Crippen LogP contribution in [0.2, 0.25) is 0 Å². The second kappa shape index (κ2) is 8.45. The van der Waals surface area contributed by atoms with Crippen LogP contribution in [0.4, 0.5) is 11.4 Å². The summed E-state index contributed by atoms with van der Waals surface area (Å²) < 4.78 is 28.7. The van der Waals surface area contributed by atoms with Gasteiger partial charge in [-0.15, -0.1) is 0 Å². The number of nitrogens with one attached hydrogen (secondary N) is 1. The summed E-state index contributed by atoms with van der Waals surface area (Å²) in [5.74, 6) is -0.0941. The Hall–Kier alpha value is -3.69. The number of amides is 2. The molecule has 4 rings (SSSR count). The van der Waals surface area contributed by atoms with E-state index in [1.54, 1.807) is 55.6 Å². The molecule has 0 bridgehead atoms. The first-order valence-electron chi connectivity index (χ1n) is 9.75. The third-order valence-corrected chi connectivity index (χ3v) is 6.13. The van der Waals surface area contributed by atoms with Crippen molar-refractivity contribution in [3.63, 3.8) is 0 Å². The lowest BCUT2D eigenvalue weighted by atomic mass is 9.99. The molecule has 3 aromatic carbocycles. The van der Waals surface area contributed by atoms with E-state index in [0.29, 0.717) is 17.0 Å². The number of nitrogens with zero attached hydrogens (tertiary/aromatic N) is 1. The van der Waals surface area contributed by atoms with Crippen LogP contribution >= 0.6 is 0 Å². The number of carbonyl (C=O) groups excluding carboxylic acids is 2. The van der Waals surface area contributed by atoms with Gasteiger partial charge in [0, 0.05) is 0 Å². The van der Waals surface area contributed by atoms with E-state index in [9.17, 15) is 18.0 Å². The quantitative estimate of drug-likeness (QED) is 0.618. The molecule has 1 aliphatic rings. The van der Waals surface area contributed by atoms with Crippen LogP contribution in [0.3, 0.4) is 0 Å². The van der Waals surface area contributed by atoms with E-state index in [2.05, 4.69) is 5.32 Å². The fourth-order valence-electron chi connectivity index (χ4n) is 3.68. The zero-order valence-electron chi connectivity index (χ0n) is 17.2. The Morgan fingerprint density at radius 2 is 1.75 bits per heavy atom. The Kier molecular flexibility index (Phi) is 5.68. The monoisotopic (exact) mass is 451 g/mol. The van der Waals surface area contributed by atoms with Gasteiger partial charge in [-0.05, 0) is 41.5 Å². The third kappa shape index (κ3) is 4.20. The fourth-order valence-corrected chi connectivity index (χ4v) is 4.22. The van der Waals surface area contributed by atoms with Crippen molar-refractivity contribution in [2.75, 3.05) is 17.3 Å². The molecule has 1 aliphatic heterocycles. The molecule has 32 heavy (non-hydrogen) atoms. The van der Waals surface area contributed by atoms with E-state index >= 15 is 0 Å². The number of anilines is 2. The Bertz CT molecular complexity index is 1270. The lowest BCUT2D eigenvalue weighted by molar-refractivity contribution is -0.123. The molecule has 1 heterocycles. The van der Waals surface area contributed by atoms with E-state index in [4.69, 9.17) is 9.88 Å². The number of rotatable bonds is 5. The highest BCUT2D eigenvalue weighted by Gasteiger charge is 2.38. The van der Waals surface area contributed by atoms with Gasteiger partial charge in [0.15, 0.2) is 0 Å². The Morgan fingerprint density at radius 1 is 1.06 bits per heavy atom. The molecule has 9 heteroatoms. The van der Waals surface area contributed by atoms with Gasteiger partial charge in [0.1, 0.15) is 11.8 Å². The highest BCUT2D eigenvalue weighted by atomic mass is 32.2. The highest BCUT2D eigenvalue weighted by Crippen LogP contribution is 2.40. The van der Waals surface area contributed by atoms with Gasteiger partial charge < -0.3 is 10.1 Å². The minimum absolute atomic E-state index is 0.0387. The molecule has 1 atom stereocenters. The molecule has 0 saturated carbocycles. The number of primary sulfonamides is 1. The molecule has 0 fully saturated rings. The maximum Gasteiger partial charge on any atom is 0.252 e. The second-order valence-electron chi connectivity index (χ2n) is 7.32. The molecule has 2 amide bonds. The lowest BCUT2D eigenvalue weighted by Crippen LogP contribution is -2.45. The van der Waals surface area contributed by atoms with Crippen LogP contribution in [0, 0.1) is 0 Å². The van der Waals surface area contributed by atoms with Crippen molar-refractivity contribution in [3.05, 3.63) is 83.9 Å². The average molecular weight is 452 g/mol. The van der Waals surface area contributed by atoms with E-state index < -0.39 is 22.0 Å². The van der Waals surface area contributed by atoms with Crippen molar-refractivity contribution in [3.8, 4) is 5.75 Å². The number of carbonyl (C=O) groups is 2. The van der Waals surface area contributed by atoms with Crippen LogP contribution < -0.4 is 20.1 Å². The zero-order chi connectivity index (χ0) is 22.9. The highest BCUT2D eigenvalue weighted by molar-refractivity contribution is 7.89. The number of fused-ring (bicyclic) bond motifs is 1. The van der Waals surface area contributed by atoms with Gasteiger partial charge in [0.05, 0.1) is 29.8 Å². The number of sulfonamides is 1. The van der Waals surface area contributed by atoms with Gasteiger partial charge in [-0.2, -0.15) is 0 Å². The largest absolute Gasteiger partial charge is 0.497 e. The first-order chi connectivity index (χ1) is 15.3. The molecule has 0 radical (unpaired) electrons. The minimum Gasteiger partial charge on any atom is -0.497 e. The Balaban J connectivity index is 1.78. The molecule has 0 aromatic heterocycles. The van der Waals surface area contributed by atoms with Crippen molar-refractivity contribution < 1.29 is 22.7 Å². The smallest absolute Gasteiger partial charge is 0.252 e. The summed E-state index contributed by atoms with van der Waals surface area (Å²) in [5.41, 5.74) is 1.98. The van der Waals surface area contributed by atoms with Crippen molar-refractivity contribution in [1.82, 2.24) is 0 Å². The molecule has 164 valence electrons. The number of methoxy groups -OCH3 is 1. The van der Waals surface area contributed by atoms with E-state index in [1.807, 2.05) is 6.07 Å². The standard InChI is InChI=1S/C23H21N3O5S/c1-31-17-9-7-15(8-10-17)13-21(27)26-20-12-11-18(32(24,29)30)14-19(20)25-23(28)22(26)16-5-3-2-4-6-16/h2-12,14,22H,13H2,1H3,(H,25,28)(H2,24,29,30). The van der Waals surface area contributed by atoms with E-state index in [0.717, 1.165) is 5.56 Å². The lowest BCUT2D eigenvalue weighted by Gasteiger charge is -2.37. The summed E-state index contributed by atoms with van der Waals surface area (Å²) in [5, 5.41) is 7.95. The van der Waals surface area contributed by atoms with E-state index in [-0.39, 0.29) is 22.9 Å². The van der Waals surface area contributed by atoms with Gasteiger partial charge >= 0.3 is 0 Å². The molecule has 0 spiro atoms. The number of benzene rings is 3. The number of hydrogen-bond donors (Lipinski definition) is 2. The van der Waals surface area contributed by atoms with Crippen LogP contribution in [0.1, 0.15) is 17.2 Å². The van der Waals surface area contributed by atoms with E-state index in [1.165, 1.54) is 23.1 Å². The summed E-state index contributed by atoms with van der Waals surface area (Å²) in [6.07, 6.45) is 0.0387. The van der Waals surface area contributed by atoms with Crippen molar-refractivity contribution >= 4 is 33.2 Å². The molecule has 0 aliphatic carbocycles. The topological polar surface area (TPSA) is 119 Å². The van der Waals surface area contributed by atoms with Gasteiger partial charge in [0.2, 0.25) is 15.9 Å². The number of hydrogen-bond acceptors (Lipinski definition) is 5. The minimum atomic E-state index is -3.98. The van der Waals surface area contributed by atoms with Crippen LogP contribution in [-0.4, -0.2) is 27.3 Å². The van der Waals surface area contributed by atoms with Crippen LogP contribution in [0.25, 0.3) is 0 Å². The zero-order valence-corrected chi connectivity index (χ0v) is 18.0. The Labute approximate surface area is 185 Å². The molecule has 8 nitrogen and oxygen atoms in total. The maximum absolute atomic E-state index is 13.5. The Morgan fingerprint density at radius 3 is 2.38 bits per heavy atom. The van der Waals surface area contributed by atoms with Crippen LogP contribution in [0.5, 0.6) is 5.75 Å². The number of nitrogens with two attached hydrogens (primary N) is 1.